The Morgan fingerprint density at radius 2 is 2.11 bits per heavy atom. The first kappa shape index (κ1) is 19.5. The van der Waals surface area contributed by atoms with Crippen molar-refractivity contribution in [3.05, 3.63) is 50.1 Å². The summed E-state index contributed by atoms with van der Waals surface area (Å²) >= 11 is 9.00. The van der Waals surface area contributed by atoms with Gasteiger partial charge in [0.1, 0.15) is 4.83 Å². The Labute approximate surface area is 176 Å². The van der Waals surface area contributed by atoms with Gasteiger partial charge in [-0.25, -0.2) is 4.98 Å². The zero-order chi connectivity index (χ0) is 19.7. The Morgan fingerprint density at radius 1 is 1.32 bits per heavy atom. The third kappa shape index (κ3) is 3.71. The number of halogens is 1. The average Bonchev–Trinajstić information content (AvgIpc) is 3.07. The number of thiophene rings is 1. The van der Waals surface area contributed by atoms with Gasteiger partial charge < -0.3 is 5.32 Å². The van der Waals surface area contributed by atoms with E-state index in [9.17, 15) is 9.59 Å². The minimum Gasteiger partial charge on any atom is -0.324 e. The molecule has 5 nitrogen and oxygen atoms in total. The predicted molar refractivity (Wildman–Crippen MR) is 117 cm³/mol. The highest BCUT2D eigenvalue weighted by molar-refractivity contribution is 7.99. The van der Waals surface area contributed by atoms with Crippen molar-refractivity contribution in [2.45, 2.75) is 44.3 Å². The van der Waals surface area contributed by atoms with E-state index in [1.165, 1.54) is 28.6 Å². The van der Waals surface area contributed by atoms with Crippen molar-refractivity contribution in [3.8, 4) is 0 Å². The van der Waals surface area contributed by atoms with Crippen molar-refractivity contribution in [2.24, 2.45) is 0 Å². The van der Waals surface area contributed by atoms with E-state index in [1.54, 1.807) is 28.0 Å². The van der Waals surface area contributed by atoms with E-state index in [-0.39, 0.29) is 17.2 Å². The first-order valence-electron chi connectivity index (χ1n) is 9.30. The highest BCUT2D eigenvalue weighted by Gasteiger charge is 2.22. The molecule has 1 N–H and O–H groups in total. The Balaban J connectivity index is 1.59. The van der Waals surface area contributed by atoms with E-state index in [0.717, 1.165) is 29.5 Å². The van der Waals surface area contributed by atoms with E-state index in [1.807, 2.05) is 19.1 Å². The third-order valence-electron chi connectivity index (χ3n) is 4.84. The molecule has 8 heteroatoms. The highest BCUT2D eigenvalue weighted by Crippen LogP contribution is 2.34. The second kappa shape index (κ2) is 8.27. The summed E-state index contributed by atoms with van der Waals surface area (Å²) in [6, 6.07) is 7.12. The number of benzene rings is 1. The SMILES string of the molecule is CCn1c(SCC(=O)Nc2ccccc2Cl)nc2sc3c(c2c1=O)CCCC3. The van der Waals surface area contributed by atoms with Crippen LogP contribution in [0.4, 0.5) is 5.69 Å². The minimum absolute atomic E-state index is 0.0147. The molecule has 28 heavy (non-hydrogen) atoms. The largest absolute Gasteiger partial charge is 0.324 e. The monoisotopic (exact) mass is 433 g/mol. The number of aryl methyl sites for hydroxylation is 2. The molecule has 1 aliphatic carbocycles. The molecule has 1 amide bonds. The lowest BCUT2D eigenvalue weighted by molar-refractivity contribution is -0.113. The van der Waals surface area contributed by atoms with Crippen molar-refractivity contribution in [3.63, 3.8) is 0 Å². The van der Waals surface area contributed by atoms with Gasteiger partial charge in [-0.1, -0.05) is 35.5 Å². The summed E-state index contributed by atoms with van der Waals surface area (Å²) in [5.74, 6) is -0.0191. The summed E-state index contributed by atoms with van der Waals surface area (Å²) in [5.41, 5.74) is 1.79. The van der Waals surface area contributed by atoms with Crippen molar-refractivity contribution in [1.82, 2.24) is 9.55 Å². The molecule has 3 aromatic rings. The Kier molecular flexibility index (Phi) is 5.75. The fraction of sp³-hybridized carbons (Fsp3) is 0.350. The van der Waals surface area contributed by atoms with Gasteiger partial charge in [0.05, 0.1) is 21.8 Å². The van der Waals surface area contributed by atoms with Crippen LogP contribution in [0, 0.1) is 0 Å². The van der Waals surface area contributed by atoms with Crippen LogP contribution >= 0.6 is 34.7 Å². The number of anilines is 1. The number of carbonyl (C=O) groups excluding carboxylic acids is 1. The topological polar surface area (TPSA) is 64.0 Å². The van der Waals surface area contributed by atoms with Crippen LogP contribution in [0.2, 0.25) is 5.02 Å². The van der Waals surface area contributed by atoms with Crippen molar-refractivity contribution in [2.75, 3.05) is 11.1 Å². The molecule has 0 spiro atoms. The first-order valence-corrected chi connectivity index (χ1v) is 11.5. The lowest BCUT2D eigenvalue weighted by Crippen LogP contribution is -2.24. The Bertz CT molecular complexity index is 1110. The van der Waals surface area contributed by atoms with Gasteiger partial charge in [0.15, 0.2) is 5.16 Å². The number of thioether (sulfide) groups is 1. The number of amides is 1. The second-order valence-electron chi connectivity index (χ2n) is 6.65. The van der Waals surface area contributed by atoms with Crippen LogP contribution in [0.15, 0.2) is 34.2 Å². The highest BCUT2D eigenvalue weighted by atomic mass is 35.5. The smallest absolute Gasteiger partial charge is 0.263 e. The summed E-state index contributed by atoms with van der Waals surface area (Å²) in [7, 11) is 0. The van der Waals surface area contributed by atoms with E-state index in [2.05, 4.69) is 5.32 Å². The van der Waals surface area contributed by atoms with Gasteiger partial charge in [0.2, 0.25) is 5.91 Å². The maximum Gasteiger partial charge on any atom is 0.263 e. The molecule has 4 rings (SSSR count). The molecule has 2 heterocycles. The van der Waals surface area contributed by atoms with Crippen LogP contribution in [0.5, 0.6) is 0 Å². The molecule has 0 fully saturated rings. The van der Waals surface area contributed by atoms with Crippen LogP contribution in [0.3, 0.4) is 0 Å². The molecular formula is C20H20ClN3O2S2. The maximum atomic E-state index is 13.1. The molecular weight excluding hydrogens is 414 g/mol. The Hall–Kier alpha value is -1.83. The van der Waals surface area contributed by atoms with Gasteiger partial charge in [-0.15, -0.1) is 11.3 Å². The molecule has 0 saturated heterocycles. The summed E-state index contributed by atoms with van der Waals surface area (Å²) in [6.45, 7) is 2.46. The molecule has 0 bridgehead atoms. The zero-order valence-corrected chi connectivity index (χ0v) is 17.8. The van der Waals surface area contributed by atoms with Gasteiger partial charge in [-0.05, 0) is 50.3 Å². The minimum atomic E-state index is -0.180. The molecule has 0 saturated carbocycles. The lowest BCUT2D eigenvalue weighted by Gasteiger charge is -2.12. The number of rotatable bonds is 5. The second-order valence-corrected chi connectivity index (χ2v) is 9.08. The fourth-order valence-corrected chi connectivity index (χ4v) is 5.84. The molecule has 0 unspecified atom stereocenters. The van der Waals surface area contributed by atoms with E-state index in [0.29, 0.717) is 22.4 Å². The van der Waals surface area contributed by atoms with Gasteiger partial charge in [0, 0.05) is 11.4 Å². The maximum absolute atomic E-state index is 13.1. The van der Waals surface area contributed by atoms with Gasteiger partial charge in [-0.2, -0.15) is 0 Å². The third-order valence-corrected chi connectivity index (χ3v) is 7.33. The van der Waals surface area contributed by atoms with Crippen molar-refractivity contribution >= 4 is 56.5 Å². The average molecular weight is 434 g/mol. The van der Waals surface area contributed by atoms with Crippen LogP contribution in [0.25, 0.3) is 10.2 Å². The quantitative estimate of drug-likeness (QED) is 0.466. The normalized spacial score (nSPS) is 13.5. The number of nitrogens with one attached hydrogen (secondary N) is 1. The molecule has 2 aromatic heterocycles. The molecule has 0 aliphatic heterocycles. The van der Waals surface area contributed by atoms with Gasteiger partial charge >= 0.3 is 0 Å². The fourth-order valence-electron chi connectivity index (χ4n) is 3.49. The molecule has 0 atom stereocenters. The zero-order valence-electron chi connectivity index (χ0n) is 15.5. The summed E-state index contributed by atoms with van der Waals surface area (Å²) in [6.07, 6.45) is 4.29. The number of carbonyl (C=O) groups is 1. The summed E-state index contributed by atoms with van der Waals surface area (Å²) in [5, 5.41) is 4.67. The number of nitrogens with zero attached hydrogens (tertiary/aromatic N) is 2. The molecule has 0 radical (unpaired) electrons. The van der Waals surface area contributed by atoms with Crippen LogP contribution in [-0.4, -0.2) is 21.2 Å². The standard InChI is InChI=1S/C20H20ClN3O2S2/c1-2-24-19(26)17-12-7-3-6-10-15(12)28-18(17)23-20(24)27-11-16(25)22-14-9-5-4-8-13(14)21/h4-5,8-9H,2-3,6-7,10-11H2,1H3,(H,22,25). The molecule has 1 aliphatic rings. The van der Waals surface area contributed by atoms with Gasteiger partial charge in [0.25, 0.3) is 5.56 Å². The summed E-state index contributed by atoms with van der Waals surface area (Å²) in [4.78, 5) is 32.3. The van der Waals surface area contributed by atoms with Crippen LogP contribution in [0.1, 0.15) is 30.2 Å². The first-order chi connectivity index (χ1) is 13.6. The number of fused-ring (bicyclic) bond motifs is 3. The molecule has 1 aromatic carbocycles. The van der Waals surface area contributed by atoms with Crippen molar-refractivity contribution in [1.29, 1.82) is 0 Å². The Morgan fingerprint density at radius 3 is 2.89 bits per heavy atom. The molecule has 146 valence electrons. The van der Waals surface area contributed by atoms with Crippen LogP contribution in [-0.2, 0) is 24.2 Å². The van der Waals surface area contributed by atoms with E-state index >= 15 is 0 Å². The van der Waals surface area contributed by atoms with Crippen molar-refractivity contribution < 1.29 is 4.79 Å². The van der Waals surface area contributed by atoms with E-state index in [4.69, 9.17) is 16.6 Å². The summed E-state index contributed by atoms with van der Waals surface area (Å²) < 4.78 is 1.68. The number of para-hydroxylation sites is 1. The number of aromatic nitrogens is 2. The van der Waals surface area contributed by atoms with Gasteiger partial charge in [-0.3, -0.25) is 14.2 Å². The van der Waals surface area contributed by atoms with Crippen LogP contribution < -0.4 is 10.9 Å². The lowest BCUT2D eigenvalue weighted by atomic mass is 9.97. The van der Waals surface area contributed by atoms with E-state index < -0.39 is 0 Å². The number of hydrogen-bond donors (Lipinski definition) is 1. The predicted octanol–water partition coefficient (Wildman–Crippen LogP) is 4.74. The number of hydrogen-bond acceptors (Lipinski definition) is 5.